The Balaban J connectivity index is 4.64. The molecule has 0 aliphatic carbocycles. The molecule has 0 aliphatic rings. The highest BCUT2D eigenvalue weighted by atomic mass is 16.6. The summed E-state index contributed by atoms with van der Waals surface area (Å²) in [7, 11) is 0. The zero-order chi connectivity index (χ0) is 40.2. The van der Waals surface area contributed by atoms with Gasteiger partial charge in [-0.15, -0.1) is 0 Å². The number of unbranched alkanes of at least 4 members (excludes halogenated alkanes) is 5. The van der Waals surface area contributed by atoms with Crippen molar-refractivity contribution in [2.24, 2.45) is 22.5 Å². The summed E-state index contributed by atoms with van der Waals surface area (Å²) < 4.78 is 10.9. The molecule has 1 unspecified atom stereocenters. The van der Waals surface area contributed by atoms with Crippen molar-refractivity contribution < 1.29 is 33.4 Å². The lowest BCUT2D eigenvalue weighted by Crippen LogP contribution is -2.53. The summed E-state index contributed by atoms with van der Waals surface area (Å²) in [5.74, 6) is -0.307. The van der Waals surface area contributed by atoms with Gasteiger partial charge in [0.25, 0.3) is 0 Å². The maximum Gasteiger partial charge on any atom is 0.329 e. The summed E-state index contributed by atoms with van der Waals surface area (Å²) in [6.45, 7) is 24.6. The van der Waals surface area contributed by atoms with Crippen LogP contribution < -0.4 is 21.7 Å². The molecule has 11 nitrogen and oxygen atoms in total. The van der Waals surface area contributed by atoms with Crippen molar-refractivity contribution in [2.75, 3.05) is 13.1 Å². The Morgan fingerprint density at radius 2 is 1.17 bits per heavy atom. The van der Waals surface area contributed by atoms with E-state index in [1.807, 2.05) is 20.8 Å². The summed E-state index contributed by atoms with van der Waals surface area (Å²) in [5.41, 5.74) is 4.08. The third-order valence-electron chi connectivity index (χ3n) is 8.96. The van der Waals surface area contributed by atoms with Gasteiger partial charge in [-0.05, 0) is 116 Å². The second-order valence-electron chi connectivity index (χ2n) is 18.6. The number of carbonyl (C=O) groups excluding carboxylic acids is 5. The smallest absolute Gasteiger partial charge is 0.329 e. The third-order valence-corrected chi connectivity index (χ3v) is 8.96. The summed E-state index contributed by atoms with van der Waals surface area (Å²) in [6, 6.07) is -1.73. The maximum atomic E-state index is 13.1. The molecular formula is C41H78N4O7. The number of nitrogens with one attached hydrogen (secondary N) is 3. The molecule has 0 bridgehead atoms. The molecule has 0 saturated heterocycles. The van der Waals surface area contributed by atoms with Gasteiger partial charge in [-0.3, -0.25) is 14.4 Å². The maximum absolute atomic E-state index is 13.1. The van der Waals surface area contributed by atoms with Crippen LogP contribution in [0.3, 0.4) is 0 Å². The van der Waals surface area contributed by atoms with Crippen LogP contribution in [0.2, 0.25) is 0 Å². The first-order valence-electron chi connectivity index (χ1n) is 19.8. The Bertz CT molecular complexity index is 1080. The number of ether oxygens (including phenoxy) is 2. The van der Waals surface area contributed by atoms with Crippen LogP contribution in [0.5, 0.6) is 0 Å². The summed E-state index contributed by atoms with van der Waals surface area (Å²) in [6.07, 6.45) is 10.6. The predicted octanol–water partition coefficient (Wildman–Crippen LogP) is 7.91. The number of esters is 2. The van der Waals surface area contributed by atoms with Gasteiger partial charge >= 0.3 is 18.0 Å². The molecule has 0 aliphatic heterocycles. The van der Waals surface area contributed by atoms with Crippen LogP contribution in [-0.4, -0.2) is 66.0 Å². The molecular weight excluding hydrogens is 660 g/mol. The van der Waals surface area contributed by atoms with E-state index in [9.17, 15) is 24.0 Å². The topological polar surface area (TPSA) is 166 Å². The average Bonchev–Trinajstić information content (AvgIpc) is 2.97. The highest BCUT2D eigenvalue weighted by Gasteiger charge is 2.31. The van der Waals surface area contributed by atoms with Gasteiger partial charge in [0.1, 0.15) is 23.0 Å². The highest BCUT2D eigenvalue weighted by molar-refractivity contribution is 5.84. The fourth-order valence-electron chi connectivity index (χ4n) is 5.86. The number of carbonyl (C=O) groups is 5. The number of hydrogen-bond donors (Lipinski definition) is 4. The normalized spacial score (nSPS) is 14.2. The van der Waals surface area contributed by atoms with Gasteiger partial charge in [0.05, 0.1) is 0 Å². The van der Waals surface area contributed by atoms with Crippen molar-refractivity contribution in [3.8, 4) is 0 Å². The predicted molar refractivity (Wildman–Crippen MR) is 210 cm³/mol. The lowest BCUT2D eigenvalue weighted by atomic mass is 9.75. The lowest BCUT2D eigenvalue weighted by molar-refractivity contribution is -0.158. The standard InChI is InChI=1S/C41H78N4O7/c1-38(2,3)30(21-17-19-27-42)29-31(46)22-15-13-14-16-24-34(47)43-28-20-18-23-33(39(4,5)6)45-37(50)44-32(36(49)52-41(10,11)12)25-26-35(48)51-40(7,8)9/h30,32-33H,13-29,42H2,1-12H3,(H,43,47)(H2,44,45,50)/t30?,32-,33+/m1/s1. The molecule has 0 rings (SSSR count). The van der Waals surface area contributed by atoms with Gasteiger partial charge < -0.3 is 31.2 Å². The van der Waals surface area contributed by atoms with Gasteiger partial charge in [0.15, 0.2) is 0 Å². The Morgan fingerprint density at radius 1 is 0.596 bits per heavy atom. The molecule has 0 heterocycles. The van der Waals surface area contributed by atoms with Gasteiger partial charge in [0.2, 0.25) is 5.91 Å². The first-order chi connectivity index (χ1) is 23.8. The molecule has 304 valence electrons. The quantitative estimate of drug-likeness (QED) is 0.0573. The molecule has 0 aromatic rings. The van der Waals surface area contributed by atoms with Gasteiger partial charge in [-0.2, -0.15) is 0 Å². The van der Waals surface area contributed by atoms with E-state index >= 15 is 0 Å². The van der Waals surface area contributed by atoms with Crippen LogP contribution >= 0.6 is 0 Å². The summed E-state index contributed by atoms with van der Waals surface area (Å²) >= 11 is 0. The SMILES string of the molecule is CC(C)(C)OC(=O)CC[C@@H](NC(=O)N[C@@H](CCCCNC(=O)CCCCCCC(=O)CC(CCCCN)C(C)(C)C)C(C)(C)C)C(=O)OC(C)(C)C. The van der Waals surface area contributed by atoms with Crippen LogP contribution in [-0.2, 0) is 28.7 Å². The molecule has 0 saturated carbocycles. The van der Waals surface area contributed by atoms with Crippen LogP contribution in [0.1, 0.15) is 179 Å². The fourth-order valence-corrected chi connectivity index (χ4v) is 5.86. The molecule has 5 N–H and O–H groups in total. The van der Waals surface area contributed by atoms with Crippen LogP contribution in [0.4, 0.5) is 4.79 Å². The van der Waals surface area contributed by atoms with Crippen molar-refractivity contribution in [3.05, 3.63) is 0 Å². The van der Waals surface area contributed by atoms with Crippen LogP contribution in [0, 0.1) is 16.7 Å². The Labute approximate surface area is 316 Å². The second kappa shape index (κ2) is 23.9. The van der Waals surface area contributed by atoms with E-state index in [1.54, 1.807) is 41.5 Å². The molecule has 3 amide bonds. The second-order valence-corrected chi connectivity index (χ2v) is 18.6. The molecule has 0 aromatic heterocycles. The number of urea groups is 1. The molecule has 11 heteroatoms. The van der Waals surface area contributed by atoms with E-state index in [0.29, 0.717) is 50.5 Å². The minimum Gasteiger partial charge on any atom is -0.460 e. The molecule has 0 fully saturated rings. The number of nitrogens with two attached hydrogens (primary N) is 1. The van der Waals surface area contributed by atoms with Gasteiger partial charge in [0, 0.05) is 38.3 Å². The van der Waals surface area contributed by atoms with E-state index in [-0.39, 0.29) is 35.6 Å². The minimum atomic E-state index is -1.02. The molecule has 3 atom stereocenters. The number of Topliss-reactive ketones (excluding diaryl/α,β-unsaturated/α-hetero) is 1. The van der Waals surface area contributed by atoms with Crippen LogP contribution in [0.15, 0.2) is 0 Å². The number of rotatable bonds is 24. The molecule has 0 spiro atoms. The average molecular weight is 739 g/mol. The van der Waals surface area contributed by atoms with Crippen molar-refractivity contribution in [1.82, 2.24) is 16.0 Å². The van der Waals surface area contributed by atoms with E-state index in [2.05, 4.69) is 36.7 Å². The first-order valence-corrected chi connectivity index (χ1v) is 19.8. The van der Waals surface area contributed by atoms with Gasteiger partial charge in [-0.1, -0.05) is 60.8 Å². The van der Waals surface area contributed by atoms with E-state index in [4.69, 9.17) is 15.2 Å². The fraction of sp³-hybridized carbons (Fsp3) is 0.878. The van der Waals surface area contributed by atoms with Crippen molar-refractivity contribution in [2.45, 2.75) is 203 Å². The zero-order valence-corrected chi connectivity index (χ0v) is 35.2. The van der Waals surface area contributed by atoms with Crippen molar-refractivity contribution in [3.63, 3.8) is 0 Å². The summed E-state index contributed by atoms with van der Waals surface area (Å²) in [5, 5.41) is 8.75. The summed E-state index contributed by atoms with van der Waals surface area (Å²) in [4.78, 5) is 63.4. The van der Waals surface area contributed by atoms with E-state index < -0.39 is 35.2 Å². The van der Waals surface area contributed by atoms with Crippen molar-refractivity contribution in [1.29, 1.82) is 0 Å². The zero-order valence-electron chi connectivity index (χ0n) is 35.2. The molecule has 0 aromatic carbocycles. The number of ketones is 1. The molecule has 52 heavy (non-hydrogen) atoms. The van der Waals surface area contributed by atoms with Crippen LogP contribution in [0.25, 0.3) is 0 Å². The monoisotopic (exact) mass is 739 g/mol. The molecule has 0 radical (unpaired) electrons. The Morgan fingerprint density at radius 3 is 1.71 bits per heavy atom. The number of amides is 3. The largest absolute Gasteiger partial charge is 0.460 e. The minimum absolute atomic E-state index is 0.0333. The van der Waals surface area contributed by atoms with E-state index in [0.717, 1.165) is 57.8 Å². The van der Waals surface area contributed by atoms with Crippen molar-refractivity contribution >= 4 is 29.7 Å². The highest BCUT2D eigenvalue weighted by Crippen LogP contribution is 2.33. The Kier molecular flexibility index (Phi) is 22.6. The first kappa shape index (κ1) is 49.3. The van der Waals surface area contributed by atoms with Gasteiger partial charge in [-0.25, -0.2) is 9.59 Å². The Hall–Kier alpha value is -2.69. The third kappa shape index (κ3) is 26.1. The number of hydrogen-bond acceptors (Lipinski definition) is 8. The lowest BCUT2D eigenvalue weighted by Gasteiger charge is -2.32. The van der Waals surface area contributed by atoms with E-state index in [1.165, 1.54) is 0 Å².